The molecular formula is C15H24FN2O8P. The quantitative estimate of drug-likeness (QED) is 0.440. The zero-order valence-corrected chi connectivity index (χ0v) is 16.4. The Hall–Kier alpha value is -1.65. The molecular weight excluding hydrogens is 386 g/mol. The van der Waals surface area contributed by atoms with Gasteiger partial charge >= 0.3 is 20.3 Å². The van der Waals surface area contributed by atoms with Gasteiger partial charge in [-0.2, -0.15) is 4.39 Å². The first-order valence-electron chi connectivity index (χ1n) is 7.98. The third-order valence-corrected chi connectivity index (χ3v) is 3.91. The van der Waals surface area contributed by atoms with E-state index in [0.717, 1.165) is 10.8 Å². The molecule has 2 N–H and O–H groups in total. The maximum absolute atomic E-state index is 13.9. The lowest BCUT2D eigenvalue weighted by Gasteiger charge is -2.18. The summed E-state index contributed by atoms with van der Waals surface area (Å²) in [5.74, 6) is -1.83. The number of rotatable bonds is 9. The van der Waals surface area contributed by atoms with Gasteiger partial charge in [0.05, 0.1) is 24.3 Å². The SMILES string of the molecule is COC(CCn1cc(F)c(=O)n(COC(=O)C(C)(C)C)c1=O)COP(O)O. The molecule has 0 aliphatic carbocycles. The molecule has 0 saturated heterocycles. The number of esters is 1. The predicted octanol–water partition coefficient (Wildman–Crippen LogP) is 0.329. The Balaban J connectivity index is 2.94. The van der Waals surface area contributed by atoms with Gasteiger partial charge in [0.1, 0.15) is 0 Å². The number of ether oxygens (including phenoxy) is 2. The fourth-order valence-electron chi connectivity index (χ4n) is 1.93. The van der Waals surface area contributed by atoms with Crippen LogP contribution in [0.15, 0.2) is 15.8 Å². The van der Waals surface area contributed by atoms with E-state index in [1.165, 1.54) is 7.11 Å². The summed E-state index contributed by atoms with van der Waals surface area (Å²) in [4.78, 5) is 53.6. The van der Waals surface area contributed by atoms with Crippen LogP contribution in [-0.4, -0.2) is 44.7 Å². The van der Waals surface area contributed by atoms with Gasteiger partial charge < -0.3 is 23.8 Å². The van der Waals surface area contributed by atoms with E-state index < -0.39 is 49.9 Å². The largest absolute Gasteiger partial charge is 0.443 e. The first-order valence-corrected chi connectivity index (χ1v) is 9.14. The van der Waals surface area contributed by atoms with E-state index in [2.05, 4.69) is 4.52 Å². The molecule has 0 saturated carbocycles. The van der Waals surface area contributed by atoms with Crippen LogP contribution in [0.25, 0.3) is 0 Å². The van der Waals surface area contributed by atoms with E-state index in [0.29, 0.717) is 4.57 Å². The highest BCUT2D eigenvalue weighted by molar-refractivity contribution is 7.39. The number of carbonyl (C=O) groups excluding carboxylic acids is 1. The maximum atomic E-state index is 13.9. The van der Waals surface area contributed by atoms with Crippen LogP contribution in [0.5, 0.6) is 0 Å². The molecule has 1 aromatic rings. The van der Waals surface area contributed by atoms with Crippen LogP contribution in [0.4, 0.5) is 4.39 Å². The lowest BCUT2D eigenvalue weighted by atomic mass is 9.98. The number of aryl methyl sites for hydroxylation is 1. The van der Waals surface area contributed by atoms with Gasteiger partial charge in [-0.3, -0.25) is 14.2 Å². The number of halogens is 1. The number of methoxy groups -OCH3 is 1. The summed E-state index contributed by atoms with van der Waals surface area (Å²) in [6, 6.07) is 0. The molecule has 1 atom stereocenters. The van der Waals surface area contributed by atoms with Gasteiger partial charge in [-0.15, -0.1) is 0 Å². The van der Waals surface area contributed by atoms with Crippen molar-refractivity contribution in [3.05, 3.63) is 32.9 Å². The Morgan fingerprint density at radius 2 is 1.96 bits per heavy atom. The van der Waals surface area contributed by atoms with Crippen LogP contribution in [0.2, 0.25) is 0 Å². The highest BCUT2D eigenvalue weighted by atomic mass is 31.2. The van der Waals surface area contributed by atoms with Gasteiger partial charge in [-0.05, 0) is 27.2 Å². The van der Waals surface area contributed by atoms with E-state index in [1.807, 2.05) is 0 Å². The topological polar surface area (TPSA) is 129 Å². The van der Waals surface area contributed by atoms with Crippen LogP contribution in [0, 0.1) is 11.2 Å². The summed E-state index contributed by atoms with van der Waals surface area (Å²) in [5.41, 5.74) is -2.90. The first-order chi connectivity index (χ1) is 12.5. The second-order valence-electron chi connectivity index (χ2n) is 6.69. The molecule has 0 aromatic carbocycles. The molecule has 1 heterocycles. The Bertz CT molecular complexity index is 756. The number of nitrogens with zero attached hydrogens (tertiary/aromatic N) is 2. The van der Waals surface area contributed by atoms with E-state index in [4.69, 9.17) is 19.3 Å². The van der Waals surface area contributed by atoms with Gasteiger partial charge in [-0.25, -0.2) is 9.36 Å². The van der Waals surface area contributed by atoms with Gasteiger partial charge in [0, 0.05) is 13.7 Å². The second-order valence-corrected chi connectivity index (χ2v) is 7.46. The van der Waals surface area contributed by atoms with Crippen molar-refractivity contribution in [2.75, 3.05) is 13.7 Å². The molecule has 0 fully saturated rings. The predicted molar refractivity (Wildman–Crippen MR) is 93.2 cm³/mol. The number of carbonyl (C=O) groups is 1. The molecule has 10 nitrogen and oxygen atoms in total. The summed E-state index contributed by atoms with van der Waals surface area (Å²) in [6.45, 7) is 3.90. The van der Waals surface area contributed by atoms with Gasteiger partial charge in [0.15, 0.2) is 6.73 Å². The van der Waals surface area contributed by atoms with Crippen LogP contribution in [0.3, 0.4) is 0 Å². The van der Waals surface area contributed by atoms with Crippen molar-refractivity contribution in [1.29, 1.82) is 0 Å². The Morgan fingerprint density at radius 3 is 2.48 bits per heavy atom. The molecule has 1 rings (SSSR count). The lowest BCUT2D eigenvalue weighted by molar-refractivity contribution is -0.157. The average molecular weight is 410 g/mol. The molecule has 154 valence electrons. The number of hydrogen-bond acceptors (Lipinski definition) is 8. The Kier molecular flexibility index (Phi) is 8.70. The van der Waals surface area contributed by atoms with Crippen molar-refractivity contribution in [2.45, 2.75) is 46.6 Å². The lowest BCUT2D eigenvalue weighted by Crippen LogP contribution is -2.43. The summed E-state index contributed by atoms with van der Waals surface area (Å²) < 4.78 is 30.0. The second kappa shape index (κ2) is 10.0. The molecule has 1 aromatic heterocycles. The van der Waals surface area contributed by atoms with E-state index in [-0.39, 0.29) is 19.6 Å². The fourth-order valence-corrected chi connectivity index (χ4v) is 2.23. The molecule has 0 amide bonds. The molecule has 0 aliphatic rings. The highest BCUT2D eigenvalue weighted by Crippen LogP contribution is 2.24. The van der Waals surface area contributed by atoms with Crippen molar-refractivity contribution in [1.82, 2.24) is 9.13 Å². The van der Waals surface area contributed by atoms with Crippen LogP contribution < -0.4 is 11.2 Å². The summed E-state index contributed by atoms with van der Waals surface area (Å²) in [6.07, 6.45) is 0.327. The minimum absolute atomic E-state index is 0.0418. The van der Waals surface area contributed by atoms with Crippen LogP contribution >= 0.6 is 8.60 Å². The molecule has 1 unspecified atom stereocenters. The Labute approximate surface area is 156 Å². The summed E-state index contributed by atoms with van der Waals surface area (Å²) >= 11 is 0. The van der Waals surface area contributed by atoms with E-state index in [1.54, 1.807) is 20.8 Å². The average Bonchev–Trinajstić information content (AvgIpc) is 2.57. The number of hydrogen-bond donors (Lipinski definition) is 2. The highest BCUT2D eigenvalue weighted by Gasteiger charge is 2.24. The Morgan fingerprint density at radius 1 is 1.33 bits per heavy atom. The van der Waals surface area contributed by atoms with Gasteiger partial charge in [-0.1, -0.05) is 0 Å². The molecule has 0 aliphatic heterocycles. The molecule has 0 bridgehead atoms. The molecule has 0 radical (unpaired) electrons. The number of aromatic nitrogens is 2. The summed E-state index contributed by atoms with van der Waals surface area (Å²) in [5, 5.41) is 0. The molecule has 0 spiro atoms. The molecule has 27 heavy (non-hydrogen) atoms. The van der Waals surface area contributed by atoms with Gasteiger partial charge in [0.2, 0.25) is 5.82 Å². The smallest absolute Gasteiger partial charge is 0.333 e. The molecule has 12 heteroatoms. The van der Waals surface area contributed by atoms with Crippen molar-refractivity contribution in [2.24, 2.45) is 5.41 Å². The third-order valence-electron chi connectivity index (χ3n) is 3.53. The van der Waals surface area contributed by atoms with Crippen molar-refractivity contribution < 1.29 is 33.0 Å². The minimum atomic E-state index is -2.55. The zero-order valence-electron chi connectivity index (χ0n) is 15.5. The minimum Gasteiger partial charge on any atom is -0.443 e. The monoisotopic (exact) mass is 410 g/mol. The standard InChI is InChI=1S/C15H24FN2O8P/c1-15(2,3)13(20)25-9-18-12(19)11(16)7-17(14(18)21)6-5-10(24-4)8-26-27(22)23/h7,10,22-23H,5-6,8-9H2,1-4H3. The van der Waals surface area contributed by atoms with Gasteiger partial charge in [0.25, 0.3) is 5.56 Å². The normalized spacial score (nSPS) is 13.0. The fraction of sp³-hybridized carbons (Fsp3) is 0.667. The summed E-state index contributed by atoms with van der Waals surface area (Å²) in [7, 11) is -1.19. The third kappa shape index (κ3) is 7.11. The van der Waals surface area contributed by atoms with Crippen molar-refractivity contribution >= 4 is 14.6 Å². The van der Waals surface area contributed by atoms with Crippen LogP contribution in [0.1, 0.15) is 27.2 Å². The van der Waals surface area contributed by atoms with E-state index in [9.17, 15) is 18.8 Å². The van der Waals surface area contributed by atoms with E-state index >= 15 is 0 Å². The maximum Gasteiger partial charge on any atom is 0.333 e. The van der Waals surface area contributed by atoms with Crippen LogP contribution in [-0.2, 0) is 32.1 Å². The van der Waals surface area contributed by atoms with Crippen molar-refractivity contribution in [3.8, 4) is 0 Å². The first kappa shape index (κ1) is 23.4. The zero-order chi connectivity index (χ0) is 20.8. The van der Waals surface area contributed by atoms with Crippen molar-refractivity contribution in [3.63, 3.8) is 0 Å².